The van der Waals surface area contributed by atoms with Crippen molar-refractivity contribution >= 4 is 5.91 Å². The molecular formula is C13H25N3O. The first-order chi connectivity index (χ1) is 8.16. The highest BCUT2D eigenvalue weighted by Gasteiger charge is 2.26. The van der Waals surface area contributed by atoms with Gasteiger partial charge in [-0.05, 0) is 46.3 Å². The molecule has 2 saturated heterocycles. The minimum Gasteiger partial charge on any atom is -0.343 e. The second-order valence-corrected chi connectivity index (χ2v) is 5.57. The van der Waals surface area contributed by atoms with E-state index in [1.54, 1.807) is 0 Å². The highest BCUT2D eigenvalue weighted by atomic mass is 16.2. The maximum absolute atomic E-state index is 12.1. The highest BCUT2D eigenvalue weighted by Crippen LogP contribution is 2.17. The monoisotopic (exact) mass is 239 g/mol. The van der Waals surface area contributed by atoms with Gasteiger partial charge in [-0.25, -0.2) is 0 Å². The second kappa shape index (κ2) is 5.83. The summed E-state index contributed by atoms with van der Waals surface area (Å²) in [5.74, 6) is 0.349. The first-order valence-electron chi connectivity index (χ1n) is 6.84. The lowest BCUT2D eigenvalue weighted by Gasteiger charge is -2.35. The number of piperidine rings is 1. The number of nitrogens with one attached hydrogen (secondary N) is 1. The zero-order chi connectivity index (χ0) is 12.3. The molecule has 2 rings (SSSR count). The molecule has 4 nitrogen and oxygen atoms in total. The fourth-order valence-corrected chi connectivity index (χ4v) is 2.90. The molecular weight excluding hydrogens is 214 g/mol. The van der Waals surface area contributed by atoms with Crippen molar-refractivity contribution in [1.82, 2.24) is 15.1 Å². The van der Waals surface area contributed by atoms with Crippen LogP contribution in [-0.2, 0) is 4.79 Å². The average Bonchev–Trinajstić information content (AvgIpc) is 2.82. The Morgan fingerprint density at radius 3 is 2.53 bits per heavy atom. The Labute approximate surface area is 104 Å². The van der Waals surface area contributed by atoms with Crippen LogP contribution in [0.15, 0.2) is 0 Å². The first kappa shape index (κ1) is 12.8. The second-order valence-electron chi connectivity index (χ2n) is 5.57. The highest BCUT2D eigenvalue weighted by molar-refractivity contribution is 5.77. The van der Waals surface area contributed by atoms with E-state index in [0.717, 1.165) is 32.5 Å². The van der Waals surface area contributed by atoms with Crippen LogP contribution in [0.3, 0.4) is 0 Å². The quantitative estimate of drug-likeness (QED) is 0.787. The van der Waals surface area contributed by atoms with Crippen molar-refractivity contribution in [2.75, 3.05) is 33.7 Å². The Hall–Kier alpha value is -0.610. The van der Waals surface area contributed by atoms with E-state index in [2.05, 4.69) is 29.2 Å². The van der Waals surface area contributed by atoms with E-state index >= 15 is 0 Å². The topological polar surface area (TPSA) is 35.6 Å². The number of carbonyl (C=O) groups is 1. The summed E-state index contributed by atoms with van der Waals surface area (Å²) in [5.41, 5.74) is 0. The summed E-state index contributed by atoms with van der Waals surface area (Å²) in [7, 11) is 4.26. The van der Waals surface area contributed by atoms with Crippen molar-refractivity contribution in [1.29, 1.82) is 0 Å². The van der Waals surface area contributed by atoms with Crippen LogP contribution in [0.2, 0.25) is 0 Å². The van der Waals surface area contributed by atoms with E-state index in [1.165, 1.54) is 12.8 Å². The van der Waals surface area contributed by atoms with Crippen molar-refractivity contribution in [2.24, 2.45) is 0 Å². The van der Waals surface area contributed by atoms with Gasteiger partial charge in [-0.2, -0.15) is 0 Å². The molecule has 2 aliphatic heterocycles. The molecule has 0 saturated carbocycles. The maximum Gasteiger partial charge on any atom is 0.224 e. The predicted octanol–water partition coefficient (Wildman–Crippen LogP) is 0.681. The number of likely N-dealkylation sites (tertiary alicyclic amines) is 1. The lowest BCUT2D eigenvalue weighted by atomic mass is 10.0. The van der Waals surface area contributed by atoms with E-state index in [4.69, 9.17) is 0 Å². The molecule has 0 radical (unpaired) electrons. The molecule has 0 aromatic carbocycles. The number of amides is 1. The summed E-state index contributed by atoms with van der Waals surface area (Å²) >= 11 is 0. The van der Waals surface area contributed by atoms with Gasteiger partial charge < -0.3 is 15.1 Å². The van der Waals surface area contributed by atoms with Crippen LogP contribution in [0.25, 0.3) is 0 Å². The molecule has 98 valence electrons. The zero-order valence-electron chi connectivity index (χ0n) is 11.1. The molecule has 2 aliphatic rings. The Kier molecular flexibility index (Phi) is 4.40. The molecule has 2 fully saturated rings. The third-order valence-electron chi connectivity index (χ3n) is 4.13. The number of rotatable bonds is 3. The lowest BCUT2D eigenvalue weighted by Crippen LogP contribution is -2.45. The Bertz CT molecular complexity index is 253. The van der Waals surface area contributed by atoms with Crippen molar-refractivity contribution in [3.8, 4) is 0 Å². The summed E-state index contributed by atoms with van der Waals surface area (Å²) in [6.07, 6.45) is 5.33. The van der Waals surface area contributed by atoms with Crippen molar-refractivity contribution < 1.29 is 4.79 Å². The molecule has 0 aromatic heterocycles. The molecule has 17 heavy (non-hydrogen) atoms. The summed E-state index contributed by atoms with van der Waals surface area (Å²) in [6, 6.07) is 1.10. The van der Waals surface area contributed by atoms with Gasteiger partial charge in [-0.15, -0.1) is 0 Å². The van der Waals surface area contributed by atoms with Crippen LogP contribution in [-0.4, -0.2) is 61.5 Å². The van der Waals surface area contributed by atoms with Crippen molar-refractivity contribution in [3.63, 3.8) is 0 Å². The third-order valence-corrected chi connectivity index (χ3v) is 4.13. The van der Waals surface area contributed by atoms with Crippen LogP contribution in [0.5, 0.6) is 0 Å². The van der Waals surface area contributed by atoms with Crippen LogP contribution < -0.4 is 5.32 Å². The maximum atomic E-state index is 12.1. The molecule has 1 unspecified atom stereocenters. The first-order valence-corrected chi connectivity index (χ1v) is 6.84. The van der Waals surface area contributed by atoms with Crippen molar-refractivity contribution in [2.45, 2.75) is 44.2 Å². The average molecular weight is 239 g/mol. The van der Waals surface area contributed by atoms with Gasteiger partial charge in [0.05, 0.1) is 0 Å². The summed E-state index contributed by atoms with van der Waals surface area (Å²) < 4.78 is 0. The molecule has 2 heterocycles. The normalized spacial score (nSPS) is 26.8. The fraction of sp³-hybridized carbons (Fsp3) is 0.923. The van der Waals surface area contributed by atoms with Gasteiger partial charge in [0.1, 0.15) is 0 Å². The fourth-order valence-electron chi connectivity index (χ4n) is 2.90. The molecule has 1 atom stereocenters. The van der Waals surface area contributed by atoms with E-state index < -0.39 is 0 Å². The summed E-state index contributed by atoms with van der Waals surface area (Å²) in [4.78, 5) is 16.4. The van der Waals surface area contributed by atoms with Gasteiger partial charge in [0.15, 0.2) is 0 Å². The summed E-state index contributed by atoms with van der Waals surface area (Å²) in [5, 5.41) is 3.40. The van der Waals surface area contributed by atoms with Crippen molar-refractivity contribution in [3.05, 3.63) is 0 Å². The van der Waals surface area contributed by atoms with Crippen LogP contribution in [0, 0.1) is 0 Å². The molecule has 0 aromatic rings. The number of nitrogens with zero attached hydrogens (tertiary/aromatic N) is 2. The molecule has 0 bridgehead atoms. The van der Waals surface area contributed by atoms with Crippen LogP contribution in [0.1, 0.15) is 32.1 Å². The minimum atomic E-state index is 0.349. The molecule has 0 aliphatic carbocycles. The zero-order valence-corrected chi connectivity index (χ0v) is 11.1. The lowest BCUT2D eigenvalue weighted by molar-refractivity contribution is -0.133. The Morgan fingerprint density at radius 1 is 1.29 bits per heavy atom. The Balaban J connectivity index is 1.74. The third kappa shape index (κ3) is 3.42. The van der Waals surface area contributed by atoms with E-state index in [0.29, 0.717) is 24.4 Å². The Morgan fingerprint density at radius 2 is 2.00 bits per heavy atom. The van der Waals surface area contributed by atoms with Gasteiger partial charge >= 0.3 is 0 Å². The van der Waals surface area contributed by atoms with Crippen LogP contribution >= 0.6 is 0 Å². The predicted molar refractivity (Wildman–Crippen MR) is 68.9 cm³/mol. The van der Waals surface area contributed by atoms with Gasteiger partial charge in [-0.3, -0.25) is 4.79 Å². The van der Waals surface area contributed by atoms with Gasteiger partial charge in [-0.1, -0.05) is 0 Å². The molecule has 4 heteroatoms. The number of hydrogen-bond acceptors (Lipinski definition) is 3. The molecule has 1 N–H and O–H groups in total. The molecule has 0 spiro atoms. The minimum absolute atomic E-state index is 0.349. The van der Waals surface area contributed by atoms with E-state index in [1.807, 2.05) is 0 Å². The smallest absolute Gasteiger partial charge is 0.224 e. The summed E-state index contributed by atoms with van der Waals surface area (Å²) in [6.45, 7) is 2.96. The van der Waals surface area contributed by atoms with E-state index in [9.17, 15) is 4.79 Å². The largest absolute Gasteiger partial charge is 0.343 e. The number of carbonyl (C=O) groups excluding carboxylic acids is 1. The van der Waals surface area contributed by atoms with Gasteiger partial charge in [0, 0.05) is 31.6 Å². The SMILES string of the molecule is CN(C)C1CCN(C(=O)CC2CCCN2)CC1. The van der Waals surface area contributed by atoms with Crippen LogP contribution in [0.4, 0.5) is 0 Å². The number of hydrogen-bond donors (Lipinski definition) is 1. The standard InChI is InChI=1S/C13H25N3O/c1-15(2)12-5-8-16(9-6-12)13(17)10-11-4-3-7-14-11/h11-12,14H,3-10H2,1-2H3. The van der Waals surface area contributed by atoms with E-state index in [-0.39, 0.29) is 0 Å². The molecule has 1 amide bonds. The van der Waals surface area contributed by atoms with Gasteiger partial charge in [0.25, 0.3) is 0 Å². The van der Waals surface area contributed by atoms with Gasteiger partial charge in [0.2, 0.25) is 5.91 Å².